The first-order valence-electron chi connectivity index (χ1n) is 8.78. The van der Waals surface area contributed by atoms with Crippen LogP contribution < -0.4 is 10.6 Å². The number of benzene rings is 2. The molecule has 0 aliphatic heterocycles. The Morgan fingerprint density at radius 3 is 2.38 bits per heavy atom. The van der Waals surface area contributed by atoms with Gasteiger partial charge in [0.15, 0.2) is 0 Å². The van der Waals surface area contributed by atoms with E-state index in [9.17, 15) is 14.4 Å². The number of carbonyl (C=O) groups excluding carboxylic acids is 1. The Morgan fingerprint density at radius 2 is 1.81 bits per heavy atom. The fraction of sp³-hybridized carbons (Fsp3) is 0.333. The van der Waals surface area contributed by atoms with Crippen molar-refractivity contribution in [1.29, 1.82) is 5.26 Å². The molecule has 2 atom stereocenters. The van der Waals surface area contributed by atoms with Crippen molar-refractivity contribution < 1.29 is 9.18 Å². The maximum absolute atomic E-state index is 13.3. The van der Waals surface area contributed by atoms with Crippen LogP contribution in [-0.2, 0) is 4.79 Å². The predicted octanol–water partition coefficient (Wildman–Crippen LogP) is 3.31. The van der Waals surface area contributed by atoms with E-state index in [-0.39, 0.29) is 30.2 Å². The standard InChI is InChI=1S/C21H22FN3O/c1-21(14-23,17-9-10-17)25-19(26)13-24-20(15-5-3-2-4-6-15)16-7-11-18(22)12-8-16/h2-8,11-12,17,20,24H,9-10,13H2,1H3,(H,25,26)/t20-,21+/m0/s1. The fourth-order valence-electron chi connectivity index (χ4n) is 3.14. The molecule has 2 aromatic rings. The number of hydrogen-bond donors (Lipinski definition) is 2. The molecule has 1 aliphatic carbocycles. The first kappa shape index (κ1) is 18.1. The molecule has 0 unspecified atom stereocenters. The molecule has 2 aromatic carbocycles. The molecule has 0 radical (unpaired) electrons. The smallest absolute Gasteiger partial charge is 0.235 e. The summed E-state index contributed by atoms with van der Waals surface area (Å²) >= 11 is 0. The number of nitriles is 1. The third kappa shape index (κ3) is 4.27. The van der Waals surface area contributed by atoms with Crippen molar-refractivity contribution in [3.63, 3.8) is 0 Å². The summed E-state index contributed by atoms with van der Waals surface area (Å²) in [7, 11) is 0. The Kier molecular flexibility index (Phi) is 5.34. The first-order valence-corrected chi connectivity index (χ1v) is 8.78. The molecule has 1 fully saturated rings. The predicted molar refractivity (Wildman–Crippen MR) is 97.6 cm³/mol. The molecule has 2 N–H and O–H groups in total. The SMILES string of the molecule is C[C@](C#N)(NC(=O)CN[C@@H](c1ccccc1)c1ccc(F)cc1)C1CC1. The maximum atomic E-state index is 13.3. The van der Waals surface area contributed by atoms with Crippen LogP contribution in [0.15, 0.2) is 54.6 Å². The van der Waals surface area contributed by atoms with Crippen molar-refractivity contribution in [3.8, 4) is 6.07 Å². The second-order valence-electron chi connectivity index (χ2n) is 6.91. The third-order valence-corrected chi connectivity index (χ3v) is 4.83. The summed E-state index contributed by atoms with van der Waals surface area (Å²) in [6.45, 7) is 1.85. The molecule has 0 saturated heterocycles. The highest BCUT2D eigenvalue weighted by Crippen LogP contribution is 2.39. The van der Waals surface area contributed by atoms with E-state index in [1.165, 1.54) is 12.1 Å². The van der Waals surface area contributed by atoms with E-state index in [0.29, 0.717) is 0 Å². The molecule has 3 rings (SSSR count). The third-order valence-electron chi connectivity index (χ3n) is 4.83. The highest BCUT2D eigenvalue weighted by atomic mass is 19.1. The molecule has 0 bridgehead atoms. The van der Waals surface area contributed by atoms with Crippen LogP contribution in [0.3, 0.4) is 0 Å². The Morgan fingerprint density at radius 1 is 1.19 bits per heavy atom. The Bertz CT molecular complexity index is 796. The highest BCUT2D eigenvalue weighted by molar-refractivity contribution is 5.79. The van der Waals surface area contributed by atoms with Gasteiger partial charge in [-0.2, -0.15) is 5.26 Å². The zero-order chi connectivity index (χ0) is 18.6. The maximum Gasteiger partial charge on any atom is 0.235 e. The zero-order valence-electron chi connectivity index (χ0n) is 14.7. The Labute approximate surface area is 153 Å². The van der Waals surface area contributed by atoms with Gasteiger partial charge in [0, 0.05) is 0 Å². The molecule has 0 aromatic heterocycles. The fourth-order valence-corrected chi connectivity index (χ4v) is 3.14. The molecule has 4 nitrogen and oxygen atoms in total. The second-order valence-corrected chi connectivity index (χ2v) is 6.91. The van der Waals surface area contributed by atoms with Crippen molar-refractivity contribution in [2.75, 3.05) is 6.54 Å². The minimum Gasteiger partial charge on any atom is -0.337 e. The van der Waals surface area contributed by atoms with Gasteiger partial charge < -0.3 is 5.32 Å². The van der Waals surface area contributed by atoms with Gasteiger partial charge in [0.2, 0.25) is 5.91 Å². The molecule has 26 heavy (non-hydrogen) atoms. The van der Waals surface area contributed by atoms with Gasteiger partial charge in [-0.15, -0.1) is 0 Å². The number of halogens is 1. The van der Waals surface area contributed by atoms with Gasteiger partial charge in [-0.3, -0.25) is 10.1 Å². The minimum atomic E-state index is -0.809. The van der Waals surface area contributed by atoms with Gasteiger partial charge in [-0.05, 0) is 48.9 Å². The van der Waals surface area contributed by atoms with Crippen molar-refractivity contribution in [3.05, 3.63) is 71.5 Å². The summed E-state index contributed by atoms with van der Waals surface area (Å²) in [6.07, 6.45) is 1.94. The molecule has 0 heterocycles. The van der Waals surface area contributed by atoms with Gasteiger partial charge in [0.1, 0.15) is 11.4 Å². The molecule has 1 saturated carbocycles. The van der Waals surface area contributed by atoms with Crippen LogP contribution in [0, 0.1) is 23.1 Å². The summed E-state index contributed by atoms with van der Waals surface area (Å²) in [5, 5.41) is 15.5. The lowest BCUT2D eigenvalue weighted by Crippen LogP contribution is -2.49. The average Bonchev–Trinajstić information content (AvgIpc) is 3.50. The largest absolute Gasteiger partial charge is 0.337 e. The van der Waals surface area contributed by atoms with E-state index in [1.807, 2.05) is 30.3 Å². The summed E-state index contributed by atoms with van der Waals surface area (Å²) < 4.78 is 13.3. The number of nitrogens with one attached hydrogen (secondary N) is 2. The molecule has 1 amide bonds. The van der Waals surface area contributed by atoms with Gasteiger partial charge >= 0.3 is 0 Å². The van der Waals surface area contributed by atoms with E-state index in [4.69, 9.17) is 0 Å². The van der Waals surface area contributed by atoms with Gasteiger partial charge in [0.05, 0.1) is 18.7 Å². The lowest BCUT2D eigenvalue weighted by atomic mass is 9.97. The number of hydrogen-bond acceptors (Lipinski definition) is 3. The summed E-state index contributed by atoms with van der Waals surface area (Å²) in [5.41, 5.74) is 1.05. The second kappa shape index (κ2) is 7.67. The lowest BCUT2D eigenvalue weighted by Gasteiger charge is -2.24. The minimum absolute atomic E-state index is 0.0704. The van der Waals surface area contributed by atoms with Crippen molar-refractivity contribution >= 4 is 5.91 Å². The van der Waals surface area contributed by atoms with Crippen LogP contribution in [0.4, 0.5) is 4.39 Å². The average molecular weight is 351 g/mol. The monoisotopic (exact) mass is 351 g/mol. The Balaban J connectivity index is 1.71. The van der Waals surface area contributed by atoms with Crippen molar-refractivity contribution in [2.24, 2.45) is 5.92 Å². The summed E-state index contributed by atoms with van der Waals surface area (Å²) in [4.78, 5) is 12.4. The van der Waals surface area contributed by atoms with Crippen LogP contribution in [0.25, 0.3) is 0 Å². The summed E-state index contributed by atoms with van der Waals surface area (Å²) in [6, 6.07) is 17.9. The van der Waals surface area contributed by atoms with Crippen LogP contribution in [0.1, 0.15) is 36.9 Å². The first-order chi connectivity index (χ1) is 12.5. The lowest BCUT2D eigenvalue weighted by molar-refractivity contribution is -0.121. The molecule has 1 aliphatic rings. The van der Waals surface area contributed by atoms with Crippen molar-refractivity contribution in [1.82, 2.24) is 10.6 Å². The number of carbonyl (C=O) groups is 1. The highest BCUT2D eigenvalue weighted by Gasteiger charge is 2.42. The molecule has 0 spiro atoms. The van der Waals surface area contributed by atoms with E-state index in [0.717, 1.165) is 24.0 Å². The Hall–Kier alpha value is -2.71. The molecular weight excluding hydrogens is 329 g/mol. The number of amides is 1. The topological polar surface area (TPSA) is 64.9 Å². The van der Waals surface area contributed by atoms with E-state index in [1.54, 1.807) is 19.1 Å². The quantitative estimate of drug-likeness (QED) is 0.804. The van der Waals surface area contributed by atoms with Gasteiger partial charge in [-0.1, -0.05) is 42.5 Å². The van der Waals surface area contributed by atoms with Crippen LogP contribution in [-0.4, -0.2) is 18.0 Å². The zero-order valence-corrected chi connectivity index (χ0v) is 14.7. The van der Waals surface area contributed by atoms with Gasteiger partial charge in [0.25, 0.3) is 0 Å². The van der Waals surface area contributed by atoms with Crippen molar-refractivity contribution in [2.45, 2.75) is 31.3 Å². The van der Waals surface area contributed by atoms with E-state index < -0.39 is 5.54 Å². The van der Waals surface area contributed by atoms with E-state index in [2.05, 4.69) is 16.7 Å². The van der Waals surface area contributed by atoms with Crippen LogP contribution in [0.5, 0.6) is 0 Å². The van der Waals surface area contributed by atoms with Gasteiger partial charge in [-0.25, -0.2) is 4.39 Å². The van der Waals surface area contributed by atoms with Crippen LogP contribution >= 0.6 is 0 Å². The molecule has 5 heteroatoms. The normalized spacial score (nSPS) is 17.0. The molecular formula is C21H22FN3O. The number of rotatable bonds is 7. The van der Waals surface area contributed by atoms with E-state index >= 15 is 0 Å². The van der Waals surface area contributed by atoms with Crippen LogP contribution in [0.2, 0.25) is 0 Å². The molecule has 134 valence electrons. The summed E-state index contributed by atoms with van der Waals surface area (Å²) in [5.74, 6) is -0.282. The number of nitrogens with zero attached hydrogens (tertiary/aromatic N) is 1.